The van der Waals surface area contributed by atoms with Gasteiger partial charge in [0.2, 0.25) is 0 Å². The van der Waals surface area contributed by atoms with E-state index in [9.17, 15) is 27.3 Å². The molecule has 2 atom stereocenters. The van der Waals surface area contributed by atoms with Gasteiger partial charge in [-0.2, -0.15) is 27.3 Å². The Morgan fingerprint density at radius 3 is 1.70 bits per heavy atom. The highest BCUT2D eigenvalue weighted by Crippen LogP contribution is 2.22. The lowest BCUT2D eigenvalue weighted by Gasteiger charge is -2.12. The molecule has 0 fully saturated rings. The van der Waals surface area contributed by atoms with E-state index in [0.29, 0.717) is 0 Å². The lowest BCUT2D eigenvalue weighted by atomic mass is 10.2. The van der Waals surface area contributed by atoms with Crippen LogP contribution in [0.1, 0.15) is 5.56 Å². The van der Waals surface area contributed by atoms with Crippen LogP contribution in [0.3, 0.4) is 0 Å². The van der Waals surface area contributed by atoms with Gasteiger partial charge in [-0.1, -0.05) is 12.1 Å². The topological polar surface area (TPSA) is 182 Å². The molecule has 4 N–H and O–H groups in total. The van der Waals surface area contributed by atoms with Crippen LogP contribution in [0, 0.1) is 10.4 Å². The Morgan fingerprint density at radius 2 is 1.21 bits per heavy atom. The third kappa shape index (κ3) is 6.32. The van der Waals surface area contributed by atoms with Gasteiger partial charge >= 0.3 is 10.1 Å². The monoisotopic (exact) mass is 498 g/mol. The van der Waals surface area contributed by atoms with Crippen molar-refractivity contribution < 1.29 is 46.1 Å². The van der Waals surface area contributed by atoms with Crippen LogP contribution in [0.4, 0.5) is 11.4 Å². The number of nitrogens with one attached hydrogen (secondary N) is 2. The molecule has 0 saturated carbocycles. The predicted molar refractivity (Wildman–Crippen MR) is 111 cm³/mol. The summed E-state index contributed by atoms with van der Waals surface area (Å²) >= 11 is 0. The summed E-state index contributed by atoms with van der Waals surface area (Å²) in [6, 6.07) is 14.4. The molecule has 14 heteroatoms. The first-order valence-electron chi connectivity index (χ1n) is 9.07. The molecule has 12 nitrogen and oxygen atoms in total. The maximum absolute atomic E-state index is 12.4. The van der Waals surface area contributed by atoms with Gasteiger partial charge in [0.15, 0.2) is 11.4 Å². The zero-order chi connectivity index (χ0) is 24.2. The van der Waals surface area contributed by atoms with Gasteiger partial charge in [-0.05, 0) is 42.0 Å². The second-order valence-electron chi connectivity index (χ2n) is 6.56. The molecular formula is C19H18N2O10S2. The molecule has 3 aromatic carbocycles. The SMILES string of the molecule is O=S(=O)(OCc1cccc(OS(=O)(=O)c2ccc([NH+]([O-])O)cc2)c1)c1ccc([NH+]([O-])O)cc1. The summed E-state index contributed by atoms with van der Waals surface area (Å²) in [6.07, 6.45) is 0. The van der Waals surface area contributed by atoms with E-state index in [1.807, 2.05) is 0 Å². The molecule has 0 amide bonds. The number of rotatable bonds is 9. The van der Waals surface area contributed by atoms with Crippen molar-refractivity contribution in [3.63, 3.8) is 0 Å². The fraction of sp³-hybridized carbons (Fsp3) is 0.0526. The predicted octanol–water partition coefficient (Wildman–Crippen LogP) is 0.167. The highest BCUT2D eigenvalue weighted by Gasteiger charge is 2.19. The molecule has 0 saturated heterocycles. The van der Waals surface area contributed by atoms with Crippen LogP contribution in [-0.2, 0) is 31.0 Å². The van der Waals surface area contributed by atoms with E-state index >= 15 is 0 Å². The Bertz CT molecular complexity index is 1310. The molecule has 3 aromatic rings. The summed E-state index contributed by atoms with van der Waals surface area (Å²) < 4.78 is 59.5. The summed E-state index contributed by atoms with van der Waals surface area (Å²) in [5.74, 6) is -0.110. The lowest BCUT2D eigenvalue weighted by Crippen LogP contribution is -2.99. The maximum Gasteiger partial charge on any atom is 0.339 e. The molecule has 0 bridgehead atoms. The minimum Gasteiger partial charge on any atom is -0.595 e. The Labute approximate surface area is 188 Å². The van der Waals surface area contributed by atoms with Gasteiger partial charge in [0, 0.05) is 24.3 Å². The van der Waals surface area contributed by atoms with Gasteiger partial charge in [0.25, 0.3) is 10.1 Å². The summed E-state index contributed by atoms with van der Waals surface area (Å²) in [7, 11) is -8.47. The fourth-order valence-corrected chi connectivity index (χ4v) is 4.42. The molecule has 0 aliphatic heterocycles. The Balaban J connectivity index is 1.70. The van der Waals surface area contributed by atoms with Crippen molar-refractivity contribution in [3.8, 4) is 5.75 Å². The van der Waals surface area contributed by atoms with E-state index < -0.39 is 37.3 Å². The smallest absolute Gasteiger partial charge is 0.339 e. The quantitative estimate of drug-likeness (QED) is 0.234. The van der Waals surface area contributed by atoms with Crippen molar-refractivity contribution in [3.05, 3.63) is 88.8 Å². The summed E-state index contributed by atoms with van der Waals surface area (Å²) in [6.45, 7) is -0.437. The van der Waals surface area contributed by atoms with Crippen LogP contribution in [0.15, 0.2) is 82.6 Å². The van der Waals surface area contributed by atoms with Crippen molar-refractivity contribution >= 4 is 31.6 Å². The molecule has 2 unspecified atom stereocenters. The summed E-state index contributed by atoms with van der Waals surface area (Å²) in [5.41, 5.74) is 0.110. The summed E-state index contributed by atoms with van der Waals surface area (Å²) in [4.78, 5) is -0.506. The Kier molecular flexibility index (Phi) is 7.43. The first-order chi connectivity index (χ1) is 15.5. The number of hydrogen-bond donors (Lipinski definition) is 4. The van der Waals surface area contributed by atoms with Crippen molar-refractivity contribution in [2.45, 2.75) is 16.4 Å². The maximum atomic E-state index is 12.4. The van der Waals surface area contributed by atoms with E-state index in [0.717, 1.165) is 48.5 Å². The van der Waals surface area contributed by atoms with Crippen molar-refractivity contribution in [2.24, 2.45) is 0 Å². The zero-order valence-corrected chi connectivity index (χ0v) is 18.2. The third-order valence-electron chi connectivity index (χ3n) is 4.27. The standard InChI is InChI=1S/C19H18N2O10S2/c22-20(23)15-4-8-18(9-5-15)32(26,27)30-13-14-2-1-3-17(12-14)31-33(28,29)19-10-6-16(7-11-19)21(24)25/h1-12,20-22,24H,13H2. The molecule has 176 valence electrons. The highest BCUT2D eigenvalue weighted by atomic mass is 32.2. The van der Waals surface area contributed by atoms with E-state index in [-0.39, 0.29) is 32.5 Å². The molecule has 33 heavy (non-hydrogen) atoms. The second-order valence-corrected chi connectivity index (χ2v) is 9.72. The van der Waals surface area contributed by atoms with Gasteiger partial charge in [-0.25, -0.2) is 10.4 Å². The first kappa shape index (κ1) is 24.7. The molecule has 0 aliphatic rings. The van der Waals surface area contributed by atoms with E-state index in [2.05, 4.69) is 0 Å². The minimum absolute atomic E-state index is 0.0855. The molecule has 0 radical (unpaired) electrons. The zero-order valence-electron chi connectivity index (χ0n) is 16.6. The van der Waals surface area contributed by atoms with Gasteiger partial charge in [-0.15, -0.1) is 0 Å². The Morgan fingerprint density at radius 1 is 0.727 bits per heavy atom. The van der Waals surface area contributed by atoms with E-state index in [1.165, 1.54) is 24.3 Å². The average molecular weight is 498 g/mol. The van der Waals surface area contributed by atoms with Crippen LogP contribution in [0.5, 0.6) is 5.75 Å². The first-order valence-corrected chi connectivity index (χ1v) is 11.9. The van der Waals surface area contributed by atoms with Crippen LogP contribution in [0.2, 0.25) is 0 Å². The van der Waals surface area contributed by atoms with Crippen LogP contribution < -0.4 is 14.6 Å². The average Bonchev–Trinajstić information content (AvgIpc) is 2.78. The largest absolute Gasteiger partial charge is 0.595 e. The second kappa shape index (κ2) is 9.92. The van der Waals surface area contributed by atoms with Crippen LogP contribution in [0.25, 0.3) is 0 Å². The normalized spacial score (nSPS) is 13.9. The molecular weight excluding hydrogens is 480 g/mol. The van der Waals surface area contributed by atoms with Crippen LogP contribution >= 0.6 is 0 Å². The molecule has 0 heterocycles. The summed E-state index contributed by atoms with van der Waals surface area (Å²) in [5, 5.41) is 37.1. The van der Waals surface area contributed by atoms with E-state index in [4.69, 9.17) is 18.8 Å². The number of benzene rings is 3. The lowest BCUT2D eigenvalue weighted by molar-refractivity contribution is -0.991. The van der Waals surface area contributed by atoms with Gasteiger partial charge in [0.05, 0.1) is 11.5 Å². The van der Waals surface area contributed by atoms with Gasteiger partial charge in [0.1, 0.15) is 10.6 Å². The third-order valence-corrected chi connectivity index (χ3v) is 6.80. The van der Waals surface area contributed by atoms with Crippen molar-refractivity contribution in [1.82, 2.24) is 0 Å². The molecule has 0 spiro atoms. The highest BCUT2D eigenvalue weighted by molar-refractivity contribution is 7.87. The minimum atomic E-state index is -4.27. The van der Waals surface area contributed by atoms with Gasteiger partial charge in [-0.3, -0.25) is 4.18 Å². The van der Waals surface area contributed by atoms with Crippen molar-refractivity contribution in [2.75, 3.05) is 0 Å². The fourth-order valence-electron chi connectivity index (χ4n) is 2.60. The van der Waals surface area contributed by atoms with Crippen LogP contribution in [-0.4, -0.2) is 27.3 Å². The number of hydrogen-bond acceptors (Lipinski definition) is 10. The van der Waals surface area contributed by atoms with E-state index in [1.54, 1.807) is 0 Å². The molecule has 0 aromatic heterocycles. The number of quaternary nitrogens is 2. The van der Waals surface area contributed by atoms with Gasteiger partial charge < -0.3 is 14.6 Å². The van der Waals surface area contributed by atoms with Crippen molar-refractivity contribution in [1.29, 1.82) is 0 Å². The molecule has 0 aliphatic carbocycles. The Hall–Kier alpha value is -2.92. The molecule has 3 rings (SSSR count).